The molecule has 4 rings (SSSR count). The summed E-state index contributed by atoms with van der Waals surface area (Å²) in [5.41, 5.74) is 2.44. The number of benzene rings is 3. The predicted octanol–water partition coefficient (Wildman–Crippen LogP) is 3.99. The predicted molar refractivity (Wildman–Crippen MR) is 118 cm³/mol. The van der Waals surface area contributed by atoms with E-state index in [0.717, 1.165) is 27.6 Å². The van der Waals surface area contributed by atoms with E-state index >= 15 is 0 Å². The molecule has 5 nitrogen and oxygen atoms in total. The molecular formula is C23H18N2O3S. The van der Waals surface area contributed by atoms with Gasteiger partial charge in [0, 0.05) is 5.39 Å². The maximum absolute atomic E-state index is 13.2. The van der Waals surface area contributed by atoms with Crippen molar-refractivity contribution in [3.8, 4) is 5.75 Å². The van der Waals surface area contributed by atoms with Crippen LogP contribution in [0.4, 0.5) is 5.69 Å². The van der Waals surface area contributed by atoms with Crippen LogP contribution in [-0.4, -0.2) is 24.0 Å². The van der Waals surface area contributed by atoms with Gasteiger partial charge in [0.15, 0.2) is 5.11 Å². The van der Waals surface area contributed by atoms with E-state index in [1.807, 2.05) is 55.5 Å². The number of nitrogens with zero attached hydrogens (tertiary/aromatic N) is 1. The molecule has 0 saturated carbocycles. The van der Waals surface area contributed by atoms with Gasteiger partial charge in [-0.1, -0.05) is 48.0 Å². The molecule has 1 fully saturated rings. The highest BCUT2D eigenvalue weighted by molar-refractivity contribution is 7.80. The van der Waals surface area contributed by atoms with Crippen LogP contribution in [0.1, 0.15) is 11.1 Å². The van der Waals surface area contributed by atoms with Gasteiger partial charge in [0.2, 0.25) is 0 Å². The molecule has 1 aliphatic rings. The van der Waals surface area contributed by atoms with Crippen molar-refractivity contribution < 1.29 is 14.3 Å². The third-order valence-corrected chi connectivity index (χ3v) is 5.12. The van der Waals surface area contributed by atoms with Crippen molar-refractivity contribution in [2.24, 2.45) is 0 Å². The summed E-state index contributed by atoms with van der Waals surface area (Å²) in [6, 6.07) is 18.7. The lowest BCUT2D eigenvalue weighted by Crippen LogP contribution is -2.54. The van der Waals surface area contributed by atoms with Crippen LogP contribution >= 0.6 is 12.2 Å². The van der Waals surface area contributed by atoms with Gasteiger partial charge >= 0.3 is 0 Å². The van der Waals surface area contributed by atoms with Crippen molar-refractivity contribution in [1.29, 1.82) is 0 Å². The van der Waals surface area contributed by atoms with Crippen LogP contribution in [0.3, 0.4) is 0 Å². The Labute approximate surface area is 173 Å². The number of nitrogens with one attached hydrogen (secondary N) is 1. The summed E-state index contributed by atoms with van der Waals surface area (Å²) in [7, 11) is 1.61. The van der Waals surface area contributed by atoms with Gasteiger partial charge in [-0.3, -0.25) is 19.8 Å². The van der Waals surface area contributed by atoms with Crippen LogP contribution in [0.5, 0.6) is 5.75 Å². The Morgan fingerprint density at radius 2 is 1.66 bits per heavy atom. The van der Waals surface area contributed by atoms with E-state index in [2.05, 4.69) is 5.32 Å². The Hall–Kier alpha value is -3.51. The maximum Gasteiger partial charge on any atom is 0.270 e. The fourth-order valence-electron chi connectivity index (χ4n) is 3.34. The molecule has 2 amide bonds. The molecule has 0 unspecified atom stereocenters. The first-order chi connectivity index (χ1) is 14.0. The largest absolute Gasteiger partial charge is 0.496 e. The Bertz CT molecular complexity index is 1180. The maximum atomic E-state index is 13.2. The summed E-state index contributed by atoms with van der Waals surface area (Å²) < 4.78 is 5.42. The topological polar surface area (TPSA) is 58.6 Å². The van der Waals surface area contributed by atoms with Gasteiger partial charge in [-0.25, -0.2) is 0 Å². The van der Waals surface area contributed by atoms with Gasteiger partial charge in [-0.2, -0.15) is 0 Å². The highest BCUT2D eigenvalue weighted by atomic mass is 32.1. The molecule has 0 spiro atoms. The quantitative estimate of drug-likeness (QED) is 0.409. The molecule has 1 aliphatic heterocycles. The minimum Gasteiger partial charge on any atom is -0.496 e. The normalized spacial score (nSPS) is 15.7. The average molecular weight is 402 g/mol. The molecule has 29 heavy (non-hydrogen) atoms. The number of anilines is 1. The van der Waals surface area contributed by atoms with E-state index in [1.165, 1.54) is 4.90 Å². The van der Waals surface area contributed by atoms with Gasteiger partial charge < -0.3 is 4.74 Å². The number of fused-ring (bicyclic) bond motifs is 1. The number of amides is 2. The van der Waals surface area contributed by atoms with E-state index in [9.17, 15) is 9.59 Å². The monoisotopic (exact) mass is 402 g/mol. The highest BCUT2D eigenvalue weighted by Gasteiger charge is 2.34. The smallest absolute Gasteiger partial charge is 0.270 e. The summed E-state index contributed by atoms with van der Waals surface area (Å²) >= 11 is 5.25. The number of carbonyl (C=O) groups excluding carboxylic acids is 2. The molecule has 0 aliphatic carbocycles. The summed E-state index contributed by atoms with van der Waals surface area (Å²) in [4.78, 5) is 27.1. The van der Waals surface area contributed by atoms with Crippen molar-refractivity contribution >= 4 is 51.7 Å². The fraction of sp³-hybridized carbons (Fsp3) is 0.0870. The second-order valence-corrected chi connectivity index (χ2v) is 7.08. The number of carbonyl (C=O) groups is 2. The number of rotatable bonds is 3. The van der Waals surface area contributed by atoms with Crippen LogP contribution in [-0.2, 0) is 9.59 Å². The lowest BCUT2D eigenvalue weighted by Gasteiger charge is -2.29. The molecule has 6 heteroatoms. The SMILES string of the molecule is COc1ccc(C=C2C(=O)NC(=S)N(c3ccc(C)cc3)C2=O)c2ccccc12. The first-order valence-electron chi connectivity index (χ1n) is 9.03. The van der Waals surface area contributed by atoms with Gasteiger partial charge in [0.1, 0.15) is 11.3 Å². The van der Waals surface area contributed by atoms with Gasteiger partial charge in [-0.15, -0.1) is 0 Å². The number of hydrogen-bond donors (Lipinski definition) is 1. The fourth-order valence-corrected chi connectivity index (χ4v) is 3.62. The minimum atomic E-state index is -0.511. The first-order valence-corrected chi connectivity index (χ1v) is 9.44. The van der Waals surface area contributed by atoms with E-state index in [4.69, 9.17) is 17.0 Å². The molecule has 1 N–H and O–H groups in total. The van der Waals surface area contributed by atoms with Crippen molar-refractivity contribution in [3.05, 3.63) is 77.4 Å². The van der Waals surface area contributed by atoms with E-state index in [-0.39, 0.29) is 10.7 Å². The van der Waals surface area contributed by atoms with E-state index < -0.39 is 11.8 Å². The van der Waals surface area contributed by atoms with Crippen LogP contribution < -0.4 is 15.0 Å². The molecule has 3 aromatic carbocycles. The second kappa shape index (κ2) is 7.48. The van der Waals surface area contributed by atoms with Crippen LogP contribution in [0, 0.1) is 6.92 Å². The molecule has 0 atom stereocenters. The number of hydrogen-bond acceptors (Lipinski definition) is 4. The van der Waals surface area contributed by atoms with E-state index in [1.54, 1.807) is 25.3 Å². The lowest BCUT2D eigenvalue weighted by atomic mass is 10.00. The summed E-state index contributed by atoms with van der Waals surface area (Å²) in [5, 5.41) is 4.47. The molecule has 0 aromatic heterocycles. The molecule has 0 radical (unpaired) electrons. The third kappa shape index (κ3) is 3.39. The van der Waals surface area contributed by atoms with Crippen molar-refractivity contribution in [2.45, 2.75) is 6.92 Å². The van der Waals surface area contributed by atoms with Crippen molar-refractivity contribution in [1.82, 2.24) is 5.32 Å². The Morgan fingerprint density at radius 3 is 2.34 bits per heavy atom. The summed E-state index contributed by atoms with van der Waals surface area (Å²) in [5.74, 6) is -0.240. The zero-order chi connectivity index (χ0) is 20.5. The number of ether oxygens (including phenoxy) is 1. The Balaban J connectivity index is 1.82. The number of methoxy groups -OCH3 is 1. The van der Waals surface area contributed by atoms with Crippen molar-refractivity contribution in [2.75, 3.05) is 12.0 Å². The molecular weight excluding hydrogens is 384 g/mol. The van der Waals surface area contributed by atoms with Crippen LogP contribution in [0.15, 0.2) is 66.2 Å². The zero-order valence-electron chi connectivity index (χ0n) is 15.9. The summed E-state index contributed by atoms with van der Waals surface area (Å²) in [6.45, 7) is 1.96. The van der Waals surface area contributed by atoms with Crippen molar-refractivity contribution in [3.63, 3.8) is 0 Å². The minimum absolute atomic E-state index is 0.0227. The zero-order valence-corrected chi connectivity index (χ0v) is 16.7. The Morgan fingerprint density at radius 1 is 0.966 bits per heavy atom. The van der Waals surface area contributed by atoms with Crippen LogP contribution in [0.2, 0.25) is 0 Å². The lowest BCUT2D eigenvalue weighted by molar-refractivity contribution is -0.122. The molecule has 1 saturated heterocycles. The average Bonchev–Trinajstić information content (AvgIpc) is 2.72. The molecule has 1 heterocycles. The number of aryl methyl sites for hydroxylation is 1. The van der Waals surface area contributed by atoms with E-state index in [0.29, 0.717) is 5.69 Å². The standard InChI is InChI=1S/C23H18N2O3S/c1-14-7-10-16(11-8-14)25-22(27)19(21(26)24-23(25)29)13-15-9-12-20(28-2)18-6-4-3-5-17(15)18/h3-13H,1-2H3,(H,24,26,29). The summed E-state index contributed by atoms with van der Waals surface area (Å²) in [6.07, 6.45) is 1.60. The Kier molecular flexibility index (Phi) is 4.86. The molecule has 144 valence electrons. The first kappa shape index (κ1) is 18.8. The van der Waals surface area contributed by atoms with Gasteiger partial charge in [0.05, 0.1) is 12.8 Å². The molecule has 3 aromatic rings. The molecule has 0 bridgehead atoms. The number of thiocarbonyl (C=S) groups is 1. The van der Waals surface area contributed by atoms with Gasteiger partial charge in [-0.05, 0) is 54.4 Å². The highest BCUT2D eigenvalue weighted by Crippen LogP contribution is 2.30. The van der Waals surface area contributed by atoms with Gasteiger partial charge in [0.25, 0.3) is 11.8 Å². The second-order valence-electron chi connectivity index (χ2n) is 6.70. The van der Waals surface area contributed by atoms with Crippen LogP contribution in [0.25, 0.3) is 16.8 Å². The third-order valence-electron chi connectivity index (χ3n) is 4.83.